The van der Waals surface area contributed by atoms with E-state index < -0.39 is 12.2 Å². The SMILES string of the molecule is COc1ccccc1CC(=O)N1C[C@@H](F)C[C@H]1CO. The highest BCUT2D eigenvalue weighted by atomic mass is 19.1. The second kappa shape index (κ2) is 6.02. The lowest BCUT2D eigenvalue weighted by atomic mass is 10.1. The van der Waals surface area contributed by atoms with Gasteiger partial charge in [-0.05, 0) is 6.07 Å². The molecule has 19 heavy (non-hydrogen) atoms. The van der Waals surface area contributed by atoms with Crippen molar-refractivity contribution >= 4 is 5.91 Å². The van der Waals surface area contributed by atoms with Crippen molar-refractivity contribution in [1.29, 1.82) is 0 Å². The first kappa shape index (κ1) is 13.8. The van der Waals surface area contributed by atoms with Gasteiger partial charge in [0.1, 0.15) is 11.9 Å². The number of methoxy groups -OCH3 is 1. The summed E-state index contributed by atoms with van der Waals surface area (Å²) in [6.45, 7) is -0.128. The van der Waals surface area contributed by atoms with Crippen LogP contribution in [0.2, 0.25) is 0 Å². The minimum Gasteiger partial charge on any atom is -0.496 e. The Morgan fingerprint density at radius 1 is 1.53 bits per heavy atom. The fraction of sp³-hybridized carbons (Fsp3) is 0.500. The summed E-state index contributed by atoms with van der Waals surface area (Å²) in [5.74, 6) is 0.469. The number of amides is 1. The number of carbonyl (C=O) groups is 1. The summed E-state index contributed by atoms with van der Waals surface area (Å²) in [5, 5.41) is 9.18. The summed E-state index contributed by atoms with van der Waals surface area (Å²) in [5.41, 5.74) is 0.772. The molecule has 1 aliphatic rings. The number of rotatable bonds is 4. The number of aliphatic hydroxyl groups excluding tert-OH is 1. The van der Waals surface area contributed by atoms with E-state index in [1.165, 1.54) is 4.90 Å². The van der Waals surface area contributed by atoms with Crippen molar-refractivity contribution in [3.8, 4) is 5.75 Å². The Hall–Kier alpha value is -1.62. The topological polar surface area (TPSA) is 49.8 Å². The summed E-state index contributed by atoms with van der Waals surface area (Å²) in [4.78, 5) is 13.6. The molecule has 0 radical (unpaired) electrons. The third-order valence-electron chi connectivity index (χ3n) is 3.43. The highest BCUT2D eigenvalue weighted by Crippen LogP contribution is 2.23. The van der Waals surface area contributed by atoms with E-state index in [0.29, 0.717) is 5.75 Å². The van der Waals surface area contributed by atoms with E-state index in [-0.39, 0.29) is 31.9 Å². The maximum Gasteiger partial charge on any atom is 0.227 e. The predicted molar refractivity (Wildman–Crippen MR) is 68.8 cm³/mol. The Kier molecular flexibility index (Phi) is 4.37. The average Bonchev–Trinajstić information content (AvgIpc) is 2.80. The number of carbonyl (C=O) groups excluding carboxylic acids is 1. The van der Waals surface area contributed by atoms with Gasteiger partial charge in [-0.25, -0.2) is 4.39 Å². The van der Waals surface area contributed by atoms with Gasteiger partial charge >= 0.3 is 0 Å². The fourth-order valence-corrected chi connectivity index (χ4v) is 2.45. The van der Waals surface area contributed by atoms with Gasteiger partial charge in [-0.2, -0.15) is 0 Å². The molecule has 1 aliphatic heterocycles. The van der Waals surface area contributed by atoms with Crippen molar-refractivity contribution in [3.63, 3.8) is 0 Å². The molecule has 104 valence electrons. The Balaban J connectivity index is 2.08. The number of hydrogen-bond donors (Lipinski definition) is 1. The summed E-state index contributed by atoms with van der Waals surface area (Å²) < 4.78 is 18.5. The van der Waals surface area contributed by atoms with Crippen LogP contribution in [-0.2, 0) is 11.2 Å². The molecule has 2 atom stereocenters. The standard InChI is InChI=1S/C14H18FNO3/c1-19-13-5-3-2-4-10(13)6-14(18)16-8-11(15)7-12(16)9-17/h2-5,11-12,17H,6-9H2,1H3/t11-,12-/m0/s1. The monoisotopic (exact) mass is 267 g/mol. The number of hydrogen-bond acceptors (Lipinski definition) is 3. The molecule has 1 amide bonds. The quantitative estimate of drug-likeness (QED) is 0.891. The number of likely N-dealkylation sites (tertiary alicyclic amines) is 1. The van der Waals surface area contributed by atoms with Crippen molar-refractivity contribution in [2.24, 2.45) is 0 Å². The molecular weight excluding hydrogens is 249 g/mol. The van der Waals surface area contributed by atoms with E-state index in [4.69, 9.17) is 4.74 Å². The molecule has 1 aromatic rings. The van der Waals surface area contributed by atoms with E-state index in [1.807, 2.05) is 18.2 Å². The predicted octanol–water partition coefficient (Wildman–Crippen LogP) is 1.17. The molecule has 0 unspecified atom stereocenters. The molecule has 4 nitrogen and oxygen atoms in total. The zero-order valence-electron chi connectivity index (χ0n) is 10.9. The van der Waals surface area contributed by atoms with Crippen LogP contribution in [0.3, 0.4) is 0 Å². The lowest BCUT2D eigenvalue weighted by Crippen LogP contribution is -2.38. The highest BCUT2D eigenvalue weighted by Gasteiger charge is 2.34. The van der Waals surface area contributed by atoms with Crippen LogP contribution in [0, 0.1) is 0 Å². The second-order valence-corrected chi connectivity index (χ2v) is 4.70. The number of nitrogens with zero attached hydrogens (tertiary/aromatic N) is 1. The Morgan fingerprint density at radius 3 is 2.95 bits per heavy atom. The molecule has 1 saturated heterocycles. The van der Waals surface area contributed by atoms with Crippen LogP contribution in [0.4, 0.5) is 4.39 Å². The van der Waals surface area contributed by atoms with E-state index >= 15 is 0 Å². The number of alkyl halides is 1. The smallest absolute Gasteiger partial charge is 0.227 e. The second-order valence-electron chi connectivity index (χ2n) is 4.70. The van der Waals surface area contributed by atoms with Crippen LogP contribution in [0.1, 0.15) is 12.0 Å². The molecule has 1 N–H and O–H groups in total. The van der Waals surface area contributed by atoms with Gasteiger partial charge in [-0.15, -0.1) is 0 Å². The third kappa shape index (κ3) is 3.04. The molecule has 1 heterocycles. The lowest BCUT2D eigenvalue weighted by molar-refractivity contribution is -0.132. The van der Waals surface area contributed by atoms with Crippen LogP contribution in [0.5, 0.6) is 5.75 Å². The first-order valence-electron chi connectivity index (χ1n) is 6.32. The van der Waals surface area contributed by atoms with Gasteiger partial charge in [0, 0.05) is 12.0 Å². The molecule has 1 fully saturated rings. The Bertz CT molecular complexity index is 452. The Labute approximate surface area is 111 Å². The van der Waals surface area contributed by atoms with Gasteiger partial charge < -0.3 is 14.7 Å². The van der Waals surface area contributed by atoms with Gasteiger partial charge in [0.2, 0.25) is 5.91 Å². The number of halogens is 1. The van der Waals surface area contributed by atoms with E-state index in [0.717, 1.165) is 5.56 Å². The normalized spacial score (nSPS) is 22.6. The van der Waals surface area contributed by atoms with Crippen molar-refractivity contribution < 1.29 is 19.0 Å². The minimum atomic E-state index is -1.04. The maximum absolute atomic E-state index is 13.3. The van der Waals surface area contributed by atoms with Crippen LogP contribution in [0.25, 0.3) is 0 Å². The number of aliphatic hydroxyl groups is 1. The van der Waals surface area contributed by atoms with Crippen LogP contribution < -0.4 is 4.74 Å². The fourth-order valence-electron chi connectivity index (χ4n) is 2.45. The van der Waals surface area contributed by atoms with Gasteiger partial charge in [-0.3, -0.25) is 4.79 Å². The van der Waals surface area contributed by atoms with Crippen molar-refractivity contribution in [2.45, 2.75) is 25.1 Å². The maximum atomic E-state index is 13.3. The molecule has 5 heteroatoms. The van der Waals surface area contributed by atoms with Crippen molar-refractivity contribution in [3.05, 3.63) is 29.8 Å². The zero-order chi connectivity index (χ0) is 13.8. The zero-order valence-corrected chi connectivity index (χ0v) is 10.9. The summed E-state index contributed by atoms with van der Waals surface area (Å²) >= 11 is 0. The molecule has 0 aromatic heterocycles. The number of para-hydroxylation sites is 1. The number of ether oxygens (including phenoxy) is 1. The van der Waals surface area contributed by atoms with E-state index in [2.05, 4.69) is 0 Å². The van der Waals surface area contributed by atoms with Crippen LogP contribution in [0.15, 0.2) is 24.3 Å². The molecule has 0 saturated carbocycles. The number of benzene rings is 1. The first-order valence-corrected chi connectivity index (χ1v) is 6.32. The van der Waals surface area contributed by atoms with Crippen LogP contribution >= 0.6 is 0 Å². The molecule has 0 aliphatic carbocycles. The molecule has 0 spiro atoms. The van der Waals surface area contributed by atoms with Gasteiger partial charge in [0.05, 0.1) is 32.7 Å². The summed E-state index contributed by atoms with van der Waals surface area (Å²) in [6, 6.07) is 6.85. The molecule has 2 rings (SSSR count). The van der Waals surface area contributed by atoms with Crippen LogP contribution in [-0.4, -0.2) is 48.4 Å². The molecule has 1 aromatic carbocycles. The van der Waals surface area contributed by atoms with Gasteiger partial charge in [0.15, 0.2) is 0 Å². The van der Waals surface area contributed by atoms with E-state index in [1.54, 1.807) is 13.2 Å². The van der Waals surface area contributed by atoms with Gasteiger partial charge in [0.25, 0.3) is 0 Å². The molecule has 0 bridgehead atoms. The highest BCUT2D eigenvalue weighted by molar-refractivity contribution is 5.80. The summed E-state index contributed by atoms with van der Waals surface area (Å²) in [6.07, 6.45) is -0.666. The summed E-state index contributed by atoms with van der Waals surface area (Å²) in [7, 11) is 1.55. The van der Waals surface area contributed by atoms with Crippen molar-refractivity contribution in [1.82, 2.24) is 4.90 Å². The lowest BCUT2D eigenvalue weighted by Gasteiger charge is -2.23. The Morgan fingerprint density at radius 2 is 2.26 bits per heavy atom. The first-order chi connectivity index (χ1) is 9.15. The molecular formula is C14H18FNO3. The van der Waals surface area contributed by atoms with Crippen molar-refractivity contribution in [2.75, 3.05) is 20.3 Å². The van der Waals surface area contributed by atoms with E-state index in [9.17, 15) is 14.3 Å². The minimum absolute atomic E-state index is 0.0687. The largest absolute Gasteiger partial charge is 0.496 e. The van der Waals surface area contributed by atoms with Gasteiger partial charge in [-0.1, -0.05) is 18.2 Å². The third-order valence-corrected chi connectivity index (χ3v) is 3.43. The average molecular weight is 267 g/mol.